The van der Waals surface area contributed by atoms with Crippen LogP contribution in [0.2, 0.25) is 0 Å². The van der Waals surface area contributed by atoms with Crippen LogP contribution in [0.15, 0.2) is 33.5 Å². The quantitative estimate of drug-likeness (QED) is 0.772. The predicted molar refractivity (Wildman–Crippen MR) is 47.4 cm³/mol. The fourth-order valence-corrected chi connectivity index (χ4v) is 1.39. The van der Waals surface area contributed by atoms with Gasteiger partial charge in [-0.3, -0.25) is 0 Å². The lowest BCUT2D eigenvalue weighted by Crippen LogP contribution is -1.83. The van der Waals surface area contributed by atoms with Gasteiger partial charge in [0.1, 0.15) is 5.82 Å². The van der Waals surface area contributed by atoms with Crippen LogP contribution in [-0.2, 0) is 0 Å². The molecule has 5 heteroatoms. The number of halogens is 2. The molecule has 1 aromatic carbocycles. The monoisotopic (exact) mass is 242 g/mol. The normalized spacial score (nSPS) is 10.3. The van der Waals surface area contributed by atoms with E-state index >= 15 is 0 Å². The fourth-order valence-electron chi connectivity index (χ4n) is 0.959. The van der Waals surface area contributed by atoms with Crippen LogP contribution in [0.4, 0.5) is 4.39 Å². The summed E-state index contributed by atoms with van der Waals surface area (Å²) in [5.41, 5.74) is 0.553. The summed E-state index contributed by atoms with van der Waals surface area (Å²) in [5, 5.41) is 7.18. The van der Waals surface area contributed by atoms with Gasteiger partial charge in [-0.15, -0.1) is 10.2 Å². The largest absolute Gasteiger partial charge is 0.423 e. The first-order chi connectivity index (χ1) is 6.29. The summed E-state index contributed by atoms with van der Waals surface area (Å²) < 4.78 is 18.3. The van der Waals surface area contributed by atoms with Gasteiger partial charge < -0.3 is 4.42 Å². The van der Waals surface area contributed by atoms with Gasteiger partial charge in [0.25, 0.3) is 0 Å². The molecule has 0 radical (unpaired) electrons. The van der Waals surface area contributed by atoms with E-state index in [4.69, 9.17) is 4.42 Å². The van der Waals surface area contributed by atoms with Crippen molar-refractivity contribution in [2.24, 2.45) is 0 Å². The van der Waals surface area contributed by atoms with Gasteiger partial charge in [-0.2, -0.15) is 0 Å². The Morgan fingerprint density at radius 1 is 1.38 bits per heavy atom. The predicted octanol–water partition coefficient (Wildman–Crippen LogP) is 2.64. The van der Waals surface area contributed by atoms with E-state index in [1.807, 2.05) is 0 Å². The van der Waals surface area contributed by atoms with Gasteiger partial charge in [-0.05, 0) is 28.1 Å². The van der Waals surface area contributed by atoms with E-state index in [9.17, 15) is 4.39 Å². The number of hydrogen-bond donors (Lipinski definition) is 0. The highest BCUT2D eigenvalue weighted by atomic mass is 79.9. The van der Waals surface area contributed by atoms with Gasteiger partial charge in [0.2, 0.25) is 12.3 Å². The maximum absolute atomic E-state index is 13.0. The van der Waals surface area contributed by atoms with E-state index in [-0.39, 0.29) is 5.82 Å². The molecule has 13 heavy (non-hydrogen) atoms. The zero-order chi connectivity index (χ0) is 9.26. The van der Waals surface area contributed by atoms with Crippen molar-refractivity contribution in [3.8, 4) is 11.5 Å². The van der Waals surface area contributed by atoms with Crippen LogP contribution in [0.5, 0.6) is 0 Å². The van der Waals surface area contributed by atoms with Crippen LogP contribution >= 0.6 is 15.9 Å². The Morgan fingerprint density at radius 2 is 2.23 bits per heavy atom. The zero-order valence-electron chi connectivity index (χ0n) is 6.37. The Kier molecular flexibility index (Phi) is 2.10. The molecule has 66 valence electrons. The summed E-state index contributed by atoms with van der Waals surface area (Å²) in [6.07, 6.45) is 1.20. The fraction of sp³-hybridized carbons (Fsp3) is 0. The highest BCUT2D eigenvalue weighted by Crippen LogP contribution is 2.28. The van der Waals surface area contributed by atoms with Crippen molar-refractivity contribution in [2.75, 3.05) is 0 Å². The second-order valence-corrected chi connectivity index (χ2v) is 3.14. The average molecular weight is 243 g/mol. The second-order valence-electron chi connectivity index (χ2n) is 2.35. The summed E-state index contributed by atoms with van der Waals surface area (Å²) >= 11 is 3.10. The molecule has 0 bridgehead atoms. The summed E-state index contributed by atoms with van der Waals surface area (Å²) in [4.78, 5) is 0. The lowest BCUT2D eigenvalue weighted by atomic mass is 10.2. The molecule has 0 atom stereocenters. The van der Waals surface area contributed by atoms with Crippen LogP contribution in [-0.4, -0.2) is 10.2 Å². The lowest BCUT2D eigenvalue weighted by molar-refractivity contribution is 0.566. The van der Waals surface area contributed by atoms with Gasteiger partial charge in [-0.1, -0.05) is 6.07 Å². The molecule has 3 nitrogen and oxygen atoms in total. The van der Waals surface area contributed by atoms with Gasteiger partial charge in [-0.25, -0.2) is 4.39 Å². The molecule has 0 aliphatic carbocycles. The molecule has 0 aliphatic rings. The number of benzene rings is 1. The third-order valence-corrected chi connectivity index (χ3v) is 2.35. The van der Waals surface area contributed by atoms with Gasteiger partial charge in [0.05, 0.1) is 10.0 Å². The minimum atomic E-state index is -0.351. The van der Waals surface area contributed by atoms with E-state index in [2.05, 4.69) is 26.1 Å². The minimum absolute atomic E-state index is 0.298. The van der Waals surface area contributed by atoms with Gasteiger partial charge >= 0.3 is 0 Å². The summed E-state index contributed by atoms with van der Waals surface area (Å²) in [6, 6.07) is 4.63. The van der Waals surface area contributed by atoms with Crippen molar-refractivity contribution in [3.05, 3.63) is 34.9 Å². The Balaban J connectivity index is 2.59. The second kappa shape index (κ2) is 3.26. The van der Waals surface area contributed by atoms with E-state index in [1.54, 1.807) is 12.1 Å². The van der Waals surface area contributed by atoms with E-state index in [1.165, 1.54) is 12.5 Å². The topological polar surface area (TPSA) is 38.9 Å². The van der Waals surface area contributed by atoms with E-state index < -0.39 is 0 Å². The number of rotatable bonds is 1. The Morgan fingerprint density at radius 3 is 2.92 bits per heavy atom. The first kappa shape index (κ1) is 8.37. The SMILES string of the molecule is Fc1cccc(-c2nnco2)c1Br. The molecule has 2 rings (SSSR count). The highest BCUT2D eigenvalue weighted by Gasteiger charge is 2.10. The van der Waals surface area contributed by atoms with Gasteiger partial charge in [0.15, 0.2) is 0 Å². The van der Waals surface area contributed by atoms with Crippen LogP contribution in [0.1, 0.15) is 0 Å². The van der Waals surface area contributed by atoms with Crippen molar-refractivity contribution >= 4 is 15.9 Å². The maximum atomic E-state index is 13.0. The molecule has 0 fully saturated rings. The van der Waals surface area contributed by atoms with Crippen molar-refractivity contribution in [2.45, 2.75) is 0 Å². The molecule has 0 saturated carbocycles. The standard InChI is InChI=1S/C8H4BrFN2O/c9-7-5(2-1-3-6(7)10)8-12-11-4-13-8/h1-4H. The Bertz CT molecular complexity index is 416. The Hall–Kier alpha value is -1.23. The number of hydrogen-bond acceptors (Lipinski definition) is 3. The summed E-state index contributed by atoms with van der Waals surface area (Å²) in [6.45, 7) is 0. The highest BCUT2D eigenvalue weighted by molar-refractivity contribution is 9.10. The molecule has 1 heterocycles. The first-order valence-corrected chi connectivity index (χ1v) is 4.29. The summed E-state index contributed by atoms with van der Waals surface area (Å²) in [5.74, 6) is -0.0536. The molecule has 0 saturated heterocycles. The van der Waals surface area contributed by atoms with Crippen LogP contribution in [0.3, 0.4) is 0 Å². The maximum Gasteiger partial charge on any atom is 0.248 e. The molecule has 0 N–H and O–H groups in total. The molecule has 1 aromatic heterocycles. The zero-order valence-corrected chi connectivity index (χ0v) is 7.95. The van der Waals surface area contributed by atoms with Crippen molar-refractivity contribution in [1.29, 1.82) is 0 Å². The Labute approximate surface area is 81.7 Å². The van der Waals surface area contributed by atoms with E-state index in [0.29, 0.717) is 15.9 Å². The molecule has 0 amide bonds. The van der Waals surface area contributed by atoms with Crippen molar-refractivity contribution in [1.82, 2.24) is 10.2 Å². The number of aromatic nitrogens is 2. The van der Waals surface area contributed by atoms with E-state index in [0.717, 1.165) is 0 Å². The lowest BCUT2D eigenvalue weighted by Gasteiger charge is -1.98. The first-order valence-electron chi connectivity index (χ1n) is 3.49. The molecular weight excluding hydrogens is 239 g/mol. The molecule has 2 aromatic rings. The van der Waals surface area contributed by atoms with Crippen molar-refractivity contribution in [3.63, 3.8) is 0 Å². The minimum Gasteiger partial charge on any atom is -0.423 e. The molecular formula is C8H4BrFN2O. The summed E-state index contributed by atoms with van der Waals surface area (Å²) in [7, 11) is 0. The van der Waals surface area contributed by atoms with Crippen LogP contribution in [0, 0.1) is 5.82 Å². The third kappa shape index (κ3) is 1.47. The smallest absolute Gasteiger partial charge is 0.248 e. The van der Waals surface area contributed by atoms with Gasteiger partial charge in [0, 0.05) is 0 Å². The van der Waals surface area contributed by atoms with Crippen molar-refractivity contribution < 1.29 is 8.81 Å². The average Bonchev–Trinajstić information content (AvgIpc) is 2.62. The van der Waals surface area contributed by atoms with Crippen LogP contribution in [0.25, 0.3) is 11.5 Å². The third-order valence-electron chi connectivity index (χ3n) is 1.54. The molecule has 0 spiro atoms. The molecule has 0 unspecified atom stereocenters. The molecule has 0 aliphatic heterocycles. The van der Waals surface area contributed by atoms with Crippen LogP contribution < -0.4 is 0 Å². The number of nitrogens with zero attached hydrogens (tertiary/aromatic N) is 2.